The van der Waals surface area contributed by atoms with Crippen molar-refractivity contribution in [3.05, 3.63) is 205 Å². The highest BCUT2D eigenvalue weighted by atomic mass is 15.2. The summed E-state index contributed by atoms with van der Waals surface area (Å²) in [6, 6.07) is 61.0. The van der Waals surface area contributed by atoms with Crippen molar-refractivity contribution in [1.82, 2.24) is 0 Å². The van der Waals surface area contributed by atoms with Crippen molar-refractivity contribution in [1.29, 1.82) is 0 Å². The summed E-state index contributed by atoms with van der Waals surface area (Å²) in [6.07, 6.45) is 9.99. The molecule has 0 saturated carbocycles. The molecule has 0 aromatic heterocycles. The zero-order chi connectivity index (χ0) is 31.0. The summed E-state index contributed by atoms with van der Waals surface area (Å²) >= 11 is 0. The zero-order valence-corrected chi connectivity index (χ0v) is 26.0. The molecule has 1 atom stereocenters. The normalized spacial score (nSPS) is 14.0. The maximum absolute atomic E-state index is 2.43. The molecule has 0 saturated heterocycles. The van der Waals surface area contributed by atoms with Gasteiger partial charge in [-0.1, -0.05) is 133 Å². The Hall–Kier alpha value is -5.60. The van der Waals surface area contributed by atoms with Crippen LogP contribution in [0.25, 0.3) is 11.1 Å². The van der Waals surface area contributed by atoms with Gasteiger partial charge in [0.05, 0.1) is 6.04 Å². The highest BCUT2D eigenvalue weighted by Crippen LogP contribution is 2.36. The van der Waals surface area contributed by atoms with E-state index in [4.69, 9.17) is 0 Å². The lowest BCUT2D eigenvalue weighted by Gasteiger charge is -2.35. The van der Waals surface area contributed by atoms with E-state index in [0.717, 1.165) is 30.6 Å². The second-order valence-corrected chi connectivity index (χ2v) is 11.7. The van der Waals surface area contributed by atoms with E-state index in [1.54, 1.807) is 0 Å². The fraction of sp³-hybridized carbons (Fsp3) is 0.0909. The second kappa shape index (κ2) is 14.0. The zero-order valence-electron chi connectivity index (χ0n) is 26.0. The van der Waals surface area contributed by atoms with E-state index in [2.05, 4.69) is 198 Å². The van der Waals surface area contributed by atoms with Crippen LogP contribution < -0.4 is 9.80 Å². The fourth-order valence-corrected chi connectivity index (χ4v) is 6.29. The van der Waals surface area contributed by atoms with Crippen molar-refractivity contribution in [3.63, 3.8) is 0 Å². The summed E-state index contributed by atoms with van der Waals surface area (Å²) < 4.78 is 0. The molecular weight excluding hydrogens is 556 g/mol. The molecule has 0 N–H and O–H groups in total. The van der Waals surface area contributed by atoms with E-state index in [0.29, 0.717) is 0 Å². The summed E-state index contributed by atoms with van der Waals surface area (Å²) in [5, 5.41) is 0. The molecule has 1 aliphatic rings. The lowest BCUT2D eigenvalue weighted by molar-refractivity contribution is 0.776. The first kappa shape index (κ1) is 29.1. The molecule has 2 heteroatoms. The Morgan fingerprint density at radius 1 is 0.435 bits per heavy atom. The number of anilines is 4. The number of rotatable bonds is 10. The first-order valence-electron chi connectivity index (χ1n) is 16.2. The molecule has 1 unspecified atom stereocenters. The van der Waals surface area contributed by atoms with Gasteiger partial charge in [-0.05, 0) is 96.1 Å². The Labute approximate surface area is 273 Å². The van der Waals surface area contributed by atoms with Gasteiger partial charge in [0.2, 0.25) is 0 Å². The van der Waals surface area contributed by atoms with Crippen LogP contribution in [0.2, 0.25) is 0 Å². The van der Waals surface area contributed by atoms with E-state index < -0.39 is 0 Å². The number of benzene rings is 6. The van der Waals surface area contributed by atoms with Crippen LogP contribution >= 0.6 is 0 Å². The molecule has 0 aliphatic heterocycles. The summed E-state index contributed by atoms with van der Waals surface area (Å²) in [4.78, 5) is 4.82. The summed E-state index contributed by atoms with van der Waals surface area (Å²) in [5.41, 5.74) is 11.0. The van der Waals surface area contributed by atoms with Crippen LogP contribution in [0.4, 0.5) is 22.7 Å². The van der Waals surface area contributed by atoms with E-state index in [1.807, 2.05) is 0 Å². The van der Waals surface area contributed by atoms with Gasteiger partial charge in [-0.15, -0.1) is 0 Å². The molecular formula is C44H38N2. The van der Waals surface area contributed by atoms with Gasteiger partial charge in [0.15, 0.2) is 0 Å². The maximum atomic E-state index is 2.43. The van der Waals surface area contributed by atoms with Crippen LogP contribution in [0.15, 0.2) is 194 Å². The van der Waals surface area contributed by atoms with Crippen molar-refractivity contribution in [2.45, 2.75) is 25.3 Å². The Morgan fingerprint density at radius 3 is 1.41 bits per heavy atom. The van der Waals surface area contributed by atoms with Gasteiger partial charge in [-0.3, -0.25) is 0 Å². The van der Waals surface area contributed by atoms with E-state index >= 15 is 0 Å². The van der Waals surface area contributed by atoms with Gasteiger partial charge in [0.25, 0.3) is 0 Å². The summed E-state index contributed by atoms with van der Waals surface area (Å²) in [5.74, 6) is 0. The molecule has 2 nitrogen and oxygen atoms in total. The number of hydrogen-bond donors (Lipinski definition) is 0. The first-order chi connectivity index (χ1) is 22.8. The Bertz CT molecular complexity index is 1840. The molecule has 7 rings (SSSR count). The van der Waals surface area contributed by atoms with Crippen LogP contribution in [-0.4, -0.2) is 6.04 Å². The molecule has 0 heterocycles. The summed E-state index contributed by atoms with van der Waals surface area (Å²) in [7, 11) is 0. The van der Waals surface area contributed by atoms with Crippen LogP contribution in [0.1, 0.15) is 17.5 Å². The number of hydrogen-bond acceptors (Lipinski definition) is 2. The van der Waals surface area contributed by atoms with Crippen molar-refractivity contribution in [2.24, 2.45) is 0 Å². The largest absolute Gasteiger partial charge is 0.334 e. The quantitative estimate of drug-likeness (QED) is 0.156. The molecule has 1 aliphatic carbocycles. The van der Waals surface area contributed by atoms with Gasteiger partial charge < -0.3 is 9.80 Å². The van der Waals surface area contributed by atoms with Crippen molar-refractivity contribution in [2.75, 3.05) is 9.80 Å². The lowest BCUT2D eigenvalue weighted by Crippen LogP contribution is -2.31. The maximum Gasteiger partial charge on any atom is 0.0561 e. The molecule has 0 radical (unpaired) electrons. The minimum atomic E-state index is 0.205. The predicted molar refractivity (Wildman–Crippen MR) is 195 cm³/mol. The van der Waals surface area contributed by atoms with Crippen molar-refractivity contribution in [3.8, 4) is 11.1 Å². The third kappa shape index (κ3) is 6.72. The van der Waals surface area contributed by atoms with Gasteiger partial charge in [0, 0.05) is 28.4 Å². The number of allylic oxidation sites excluding steroid dienone is 1. The first-order valence-corrected chi connectivity index (χ1v) is 16.2. The molecule has 46 heavy (non-hydrogen) atoms. The smallest absolute Gasteiger partial charge is 0.0561 e. The predicted octanol–water partition coefficient (Wildman–Crippen LogP) is 11.3. The highest BCUT2D eigenvalue weighted by Gasteiger charge is 2.23. The molecule has 0 amide bonds. The molecule has 0 fully saturated rings. The number of para-hydroxylation sites is 2. The minimum absolute atomic E-state index is 0.205. The Balaban J connectivity index is 1.18. The van der Waals surface area contributed by atoms with Crippen LogP contribution in [0, 0.1) is 0 Å². The molecule has 224 valence electrons. The lowest BCUT2D eigenvalue weighted by atomic mass is 10.0. The third-order valence-electron chi connectivity index (χ3n) is 8.69. The van der Waals surface area contributed by atoms with Crippen LogP contribution in [0.5, 0.6) is 0 Å². The van der Waals surface area contributed by atoms with Crippen LogP contribution in [-0.2, 0) is 12.8 Å². The van der Waals surface area contributed by atoms with E-state index in [-0.39, 0.29) is 6.04 Å². The SMILES string of the molecule is C1=CC(N(c2ccccc2)c2ccccc2)CC=C1N(c1ccc(CCc2ccccc2)cc1)c1ccc(-c2ccccc2)cc1. The number of nitrogens with zero attached hydrogens (tertiary/aromatic N) is 2. The van der Waals surface area contributed by atoms with E-state index in [1.165, 1.54) is 39.3 Å². The Kier molecular flexibility index (Phi) is 8.87. The molecule has 0 spiro atoms. The standard InChI is InChI=1S/C44H38N2/c1-5-13-35(14-6-1)21-22-36-23-27-41(28-24-36)46(42-29-25-38(26-30-42)37-15-7-2-8-16-37)44-33-31-43(32-34-44)45(39-17-9-3-10-18-39)40-19-11-4-12-20-40/h1-20,23-31,33-34,43H,21-22,32H2. The highest BCUT2D eigenvalue weighted by molar-refractivity contribution is 5.74. The topological polar surface area (TPSA) is 6.48 Å². The molecule has 0 bridgehead atoms. The van der Waals surface area contributed by atoms with Gasteiger partial charge in [-0.25, -0.2) is 0 Å². The second-order valence-electron chi connectivity index (χ2n) is 11.7. The van der Waals surface area contributed by atoms with Crippen molar-refractivity contribution < 1.29 is 0 Å². The average Bonchev–Trinajstić information content (AvgIpc) is 3.14. The summed E-state index contributed by atoms with van der Waals surface area (Å²) in [6.45, 7) is 0. The Morgan fingerprint density at radius 2 is 0.891 bits per heavy atom. The van der Waals surface area contributed by atoms with Gasteiger partial charge >= 0.3 is 0 Å². The van der Waals surface area contributed by atoms with Crippen LogP contribution in [0.3, 0.4) is 0 Å². The average molecular weight is 595 g/mol. The minimum Gasteiger partial charge on any atom is -0.334 e. The molecule has 6 aromatic carbocycles. The monoisotopic (exact) mass is 594 g/mol. The van der Waals surface area contributed by atoms with Gasteiger partial charge in [-0.2, -0.15) is 0 Å². The molecule has 6 aromatic rings. The fourth-order valence-electron chi connectivity index (χ4n) is 6.29. The number of aryl methyl sites for hydroxylation is 2. The third-order valence-corrected chi connectivity index (χ3v) is 8.69. The van der Waals surface area contributed by atoms with Gasteiger partial charge in [0.1, 0.15) is 0 Å². The van der Waals surface area contributed by atoms with E-state index in [9.17, 15) is 0 Å². The van der Waals surface area contributed by atoms with Crippen molar-refractivity contribution >= 4 is 22.7 Å².